The van der Waals surface area contributed by atoms with Gasteiger partial charge in [-0.2, -0.15) is 13.2 Å². The maximum atomic E-state index is 12.3. The van der Waals surface area contributed by atoms with Crippen LogP contribution in [0.5, 0.6) is 0 Å². The molecule has 208 valence electrons. The van der Waals surface area contributed by atoms with Gasteiger partial charge in [0.25, 0.3) is 0 Å². The summed E-state index contributed by atoms with van der Waals surface area (Å²) in [5.41, 5.74) is 2.72. The standard InChI is InChI=1S/C21H26N4O5S.C2HF3O2/c1-15-3-6-17(7-4-15)22-20(26)14-24-9-11-25(12-10-24)19-8-5-16(21(27)28)13-18(19)23-31(2,29)30;3-2(4,5)1(6)7/h3-8,13,23H,9-12,14H2,1-2H3,(H,22,26)(H,27,28);(H,6,7). The topological polar surface area (TPSA) is 156 Å². The molecular formula is C23H27F3N4O7S. The molecule has 0 saturated carbocycles. The highest BCUT2D eigenvalue weighted by Crippen LogP contribution is 2.29. The molecule has 2 aromatic rings. The Labute approximate surface area is 216 Å². The zero-order valence-corrected chi connectivity index (χ0v) is 21.3. The van der Waals surface area contributed by atoms with Gasteiger partial charge in [0.1, 0.15) is 0 Å². The molecule has 0 unspecified atom stereocenters. The smallest absolute Gasteiger partial charge is 0.478 e. The first kappa shape index (κ1) is 30.4. The molecular weight excluding hydrogens is 533 g/mol. The Bertz CT molecular complexity index is 1260. The molecule has 4 N–H and O–H groups in total. The summed E-state index contributed by atoms with van der Waals surface area (Å²) in [5, 5.41) is 19.2. The highest BCUT2D eigenvalue weighted by molar-refractivity contribution is 7.92. The number of halogens is 3. The first-order valence-corrected chi connectivity index (χ1v) is 12.9. The van der Waals surface area contributed by atoms with Gasteiger partial charge in [-0.15, -0.1) is 0 Å². The van der Waals surface area contributed by atoms with Crippen LogP contribution in [0.4, 0.5) is 30.2 Å². The SMILES string of the molecule is Cc1ccc(NC(=O)CN2CCN(c3ccc(C(=O)O)cc3NS(C)(=O)=O)CC2)cc1.O=C(O)C(F)(F)F. The molecule has 2 aromatic carbocycles. The van der Waals surface area contributed by atoms with Crippen molar-refractivity contribution in [2.45, 2.75) is 13.1 Å². The number of hydrogen-bond donors (Lipinski definition) is 4. The van der Waals surface area contributed by atoms with E-state index in [-0.39, 0.29) is 23.7 Å². The fourth-order valence-electron chi connectivity index (χ4n) is 3.41. The van der Waals surface area contributed by atoms with Gasteiger partial charge in [0, 0.05) is 31.9 Å². The average Bonchev–Trinajstić information content (AvgIpc) is 2.80. The zero-order chi connectivity index (χ0) is 28.7. The molecule has 1 fully saturated rings. The number of hydrogen-bond acceptors (Lipinski definition) is 7. The second-order valence-corrected chi connectivity index (χ2v) is 10.1. The molecule has 11 nitrogen and oxygen atoms in total. The lowest BCUT2D eigenvalue weighted by Crippen LogP contribution is -2.48. The molecule has 1 aliphatic heterocycles. The number of nitrogens with one attached hydrogen (secondary N) is 2. The number of carbonyl (C=O) groups excluding carboxylic acids is 1. The fourth-order valence-corrected chi connectivity index (χ4v) is 3.98. The van der Waals surface area contributed by atoms with E-state index >= 15 is 0 Å². The molecule has 0 radical (unpaired) electrons. The van der Waals surface area contributed by atoms with E-state index in [1.807, 2.05) is 41.0 Å². The number of carboxylic acids is 2. The Morgan fingerprint density at radius 2 is 1.53 bits per heavy atom. The fraction of sp³-hybridized carbons (Fsp3) is 0.348. The Kier molecular flexibility index (Phi) is 10.1. The first-order valence-electron chi connectivity index (χ1n) is 11.0. The number of nitrogens with zero attached hydrogens (tertiary/aromatic N) is 2. The van der Waals surface area contributed by atoms with Crippen molar-refractivity contribution in [1.82, 2.24) is 4.90 Å². The van der Waals surface area contributed by atoms with Gasteiger partial charge in [0.05, 0.1) is 29.7 Å². The van der Waals surface area contributed by atoms with Crippen LogP contribution in [0, 0.1) is 6.92 Å². The zero-order valence-electron chi connectivity index (χ0n) is 20.4. The minimum absolute atomic E-state index is 0.00122. The number of aliphatic carboxylic acids is 1. The highest BCUT2D eigenvalue weighted by Gasteiger charge is 2.38. The Morgan fingerprint density at radius 1 is 0.974 bits per heavy atom. The third-order valence-electron chi connectivity index (χ3n) is 5.20. The van der Waals surface area contributed by atoms with E-state index in [1.165, 1.54) is 12.1 Å². The maximum Gasteiger partial charge on any atom is 0.490 e. The lowest BCUT2D eigenvalue weighted by molar-refractivity contribution is -0.192. The van der Waals surface area contributed by atoms with Crippen molar-refractivity contribution in [3.8, 4) is 0 Å². The van der Waals surface area contributed by atoms with E-state index < -0.39 is 28.1 Å². The monoisotopic (exact) mass is 560 g/mol. The quantitative estimate of drug-likeness (QED) is 0.399. The predicted molar refractivity (Wildman–Crippen MR) is 134 cm³/mol. The third kappa shape index (κ3) is 9.89. The van der Waals surface area contributed by atoms with Crippen LogP contribution in [-0.4, -0.2) is 86.5 Å². The molecule has 38 heavy (non-hydrogen) atoms. The van der Waals surface area contributed by atoms with Crippen LogP contribution in [-0.2, 0) is 19.6 Å². The van der Waals surface area contributed by atoms with Gasteiger partial charge in [-0.05, 0) is 37.3 Å². The molecule has 0 aliphatic carbocycles. The number of rotatable bonds is 7. The summed E-state index contributed by atoms with van der Waals surface area (Å²) in [6.45, 7) is 4.61. The number of benzene rings is 2. The van der Waals surface area contributed by atoms with Crippen molar-refractivity contribution in [1.29, 1.82) is 0 Å². The van der Waals surface area contributed by atoms with Crippen molar-refractivity contribution < 1.29 is 46.2 Å². The molecule has 3 rings (SSSR count). The third-order valence-corrected chi connectivity index (χ3v) is 5.79. The van der Waals surface area contributed by atoms with Crippen LogP contribution in [0.1, 0.15) is 15.9 Å². The maximum absolute atomic E-state index is 12.3. The van der Waals surface area contributed by atoms with Gasteiger partial charge in [-0.25, -0.2) is 18.0 Å². The largest absolute Gasteiger partial charge is 0.490 e. The number of sulfonamides is 1. The number of carbonyl (C=O) groups is 3. The van der Waals surface area contributed by atoms with Gasteiger partial charge >= 0.3 is 18.1 Å². The van der Waals surface area contributed by atoms with Gasteiger partial charge in [0.15, 0.2) is 0 Å². The molecule has 1 aliphatic rings. The number of amides is 1. The number of aryl methyl sites for hydroxylation is 1. The van der Waals surface area contributed by atoms with Crippen LogP contribution in [0.2, 0.25) is 0 Å². The van der Waals surface area contributed by atoms with E-state index in [0.717, 1.165) is 17.5 Å². The van der Waals surface area contributed by atoms with Gasteiger partial charge in [-0.3, -0.25) is 14.4 Å². The Balaban J connectivity index is 0.000000638. The molecule has 15 heteroatoms. The lowest BCUT2D eigenvalue weighted by Gasteiger charge is -2.36. The normalized spacial score (nSPS) is 14.2. The van der Waals surface area contributed by atoms with Crippen LogP contribution in [0.15, 0.2) is 42.5 Å². The van der Waals surface area contributed by atoms with Crippen LogP contribution >= 0.6 is 0 Å². The second-order valence-electron chi connectivity index (χ2n) is 8.39. The number of aromatic carboxylic acids is 1. The van der Waals surface area contributed by atoms with Crippen molar-refractivity contribution >= 4 is 44.9 Å². The lowest BCUT2D eigenvalue weighted by atomic mass is 10.1. The van der Waals surface area contributed by atoms with Gasteiger partial charge in [-0.1, -0.05) is 17.7 Å². The molecule has 0 aromatic heterocycles. The summed E-state index contributed by atoms with van der Waals surface area (Å²) in [6.07, 6.45) is -4.06. The van der Waals surface area contributed by atoms with Crippen molar-refractivity contribution in [3.63, 3.8) is 0 Å². The Morgan fingerprint density at radius 3 is 2.00 bits per heavy atom. The number of alkyl halides is 3. The van der Waals surface area contributed by atoms with Gasteiger partial charge < -0.3 is 20.4 Å². The van der Waals surface area contributed by atoms with E-state index in [9.17, 15) is 36.3 Å². The van der Waals surface area contributed by atoms with Crippen molar-refractivity contribution in [3.05, 3.63) is 53.6 Å². The number of anilines is 3. The summed E-state index contributed by atoms with van der Waals surface area (Å²) >= 11 is 0. The highest BCUT2D eigenvalue weighted by atomic mass is 32.2. The second kappa shape index (κ2) is 12.6. The van der Waals surface area contributed by atoms with Gasteiger partial charge in [0.2, 0.25) is 15.9 Å². The molecule has 0 bridgehead atoms. The average molecular weight is 561 g/mol. The molecule has 1 amide bonds. The van der Waals surface area contributed by atoms with Crippen molar-refractivity contribution in [2.24, 2.45) is 0 Å². The minimum atomic E-state index is -5.08. The van der Waals surface area contributed by atoms with Crippen molar-refractivity contribution in [2.75, 3.05) is 53.9 Å². The molecule has 0 atom stereocenters. The van der Waals surface area contributed by atoms with E-state index in [2.05, 4.69) is 10.0 Å². The summed E-state index contributed by atoms with van der Waals surface area (Å²) in [6, 6.07) is 12.0. The molecule has 0 spiro atoms. The van der Waals surface area contributed by atoms with E-state index in [1.54, 1.807) is 6.07 Å². The van der Waals surface area contributed by atoms with E-state index in [4.69, 9.17) is 9.90 Å². The minimum Gasteiger partial charge on any atom is -0.478 e. The number of piperazine rings is 1. The number of carboxylic acid groups (broad SMARTS) is 2. The predicted octanol–water partition coefficient (Wildman–Crippen LogP) is 2.46. The van der Waals surface area contributed by atoms with Crippen LogP contribution < -0.4 is 14.9 Å². The molecule has 1 heterocycles. The summed E-state index contributed by atoms with van der Waals surface area (Å²) in [5.74, 6) is -3.98. The van der Waals surface area contributed by atoms with E-state index in [0.29, 0.717) is 31.9 Å². The summed E-state index contributed by atoms with van der Waals surface area (Å²) < 4.78 is 57.6. The molecule has 1 saturated heterocycles. The summed E-state index contributed by atoms with van der Waals surface area (Å²) in [4.78, 5) is 36.5. The van der Waals surface area contributed by atoms with Crippen LogP contribution in [0.25, 0.3) is 0 Å². The first-order chi connectivity index (χ1) is 17.5. The Hall–Kier alpha value is -3.85. The van der Waals surface area contributed by atoms with Crippen LogP contribution in [0.3, 0.4) is 0 Å². The summed E-state index contributed by atoms with van der Waals surface area (Å²) in [7, 11) is -3.57.